The van der Waals surface area contributed by atoms with E-state index in [0.29, 0.717) is 5.92 Å². The molecule has 1 atom stereocenters. The second kappa shape index (κ2) is 8.23. The third kappa shape index (κ3) is 7.96. The molecule has 0 heterocycles. The van der Waals surface area contributed by atoms with Crippen LogP contribution in [-0.2, 0) is 0 Å². The number of hydrogen-bond donors (Lipinski definition) is 2. The number of hydrogen-bond acceptors (Lipinski definition) is 2. The van der Waals surface area contributed by atoms with Crippen molar-refractivity contribution in [3.8, 4) is 0 Å². The zero-order valence-electron chi connectivity index (χ0n) is 8.72. The lowest BCUT2D eigenvalue weighted by Crippen LogP contribution is -2.38. The Morgan fingerprint density at radius 1 is 1.46 bits per heavy atom. The van der Waals surface area contributed by atoms with Gasteiger partial charge in [0.1, 0.15) is 0 Å². The summed E-state index contributed by atoms with van der Waals surface area (Å²) >= 11 is 1.81. The van der Waals surface area contributed by atoms with Gasteiger partial charge >= 0.3 is 6.03 Å². The van der Waals surface area contributed by atoms with Gasteiger partial charge in [0.15, 0.2) is 0 Å². The van der Waals surface area contributed by atoms with Gasteiger partial charge in [0, 0.05) is 13.1 Å². The molecular weight excluding hydrogens is 184 g/mol. The number of urea groups is 1. The third-order valence-corrected chi connectivity index (χ3v) is 2.50. The zero-order chi connectivity index (χ0) is 10.1. The first-order valence-corrected chi connectivity index (χ1v) is 6.10. The average Bonchev–Trinajstić information content (AvgIpc) is 2.12. The van der Waals surface area contributed by atoms with Crippen LogP contribution in [0.15, 0.2) is 0 Å². The summed E-state index contributed by atoms with van der Waals surface area (Å²) in [5.74, 6) is 1.64. The van der Waals surface area contributed by atoms with Crippen LogP contribution in [-0.4, -0.2) is 31.1 Å². The summed E-state index contributed by atoms with van der Waals surface area (Å²) in [6, 6.07) is -0.0465. The molecule has 3 nitrogen and oxygen atoms in total. The minimum absolute atomic E-state index is 0.0465. The van der Waals surface area contributed by atoms with E-state index in [4.69, 9.17) is 0 Å². The number of nitrogens with one attached hydrogen (secondary N) is 2. The fourth-order valence-electron chi connectivity index (χ4n) is 0.911. The Bertz CT molecular complexity index is 142. The van der Waals surface area contributed by atoms with E-state index in [2.05, 4.69) is 23.8 Å². The lowest BCUT2D eigenvalue weighted by molar-refractivity contribution is 0.239. The molecule has 0 aromatic rings. The number of rotatable bonds is 6. The van der Waals surface area contributed by atoms with Crippen LogP contribution < -0.4 is 10.6 Å². The minimum atomic E-state index is -0.0465. The van der Waals surface area contributed by atoms with Crippen molar-refractivity contribution < 1.29 is 4.79 Å². The molecule has 0 fully saturated rings. The fourth-order valence-corrected chi connectivity index (χ4v) is 1.60. The number of carbonyl (C=O) groups excluding carboxylic acids is 1. The predicted octanol–water partition coefficient (Wildman–Crippen LogP) is 1.69. The Hall–Kier alpha value is -0.380. The van der Waals surface area contributed by atoms with Gasteiger partial charge in [-0.25, -0.2) is 4.79 Å². The SMILES string of the molecule is CCCNC(=O)NCC(C)CSC. The molecule has 1 unspecified atom stereocenters. The van der Waals surface area contributed by atoms with Gasteiger partial charge in [0.2, 0.25) is 0 Å². The second-order valence-electron chi connectivity index (χ2n) is 3.20. The maximum absolute atomic E-state index is 11.1. The van der Waals surface area contributed by atoms with Crippen molar-refractivity contribution in [3.05, 3.63) is 0 Å². The molecule has 0 spiro atoms. The summed E-state index contributed by atoms with van der Waals surface area (Å²) in [4.78, 5) is 11.1. The van der Waals surface area contributed by atoms with Gasteiger partial charge in [-0.3, -0.25) is 0 Å². The highest BCUT2D eigenvalue weighted by atomic mass is 32.2. The fraction of sp³-hybridized carbons (Fsp3) is 0.889. The van der Waals surface area contributed by atoms with E-state index in [-0.39, 0.29) is 6.03 Å². The smallest absolute Gasteiger partial charge is 0.314 e. The van der Waals surface area contributed by atoms with Crippen molar-refractivity contribution in [1.29, 1.82) is 0 Å². The maximum Gasteiger partial charge on any atom is 0.314 e. The van der Waals surface area contributed by atoms with Crippen LogP contribution in [0.2, 0.25) is 0 Å². The summed E-state index contributed by atoms with van der Waals surface area (Å²) in [5, 5.41) is 5.61. The Labute approximate surface area is 85.0 Å². The van der Waals surface area contributed by atoms with Crippen molar-refractivity contribution >= 4 is 17.8 Å². The van der Waals surface area contributed by atoms with Crippen LogP contribution in [0.4, 0.5) is 4.79 Å². The van der Waals surface area contributed by atoms with Crippen LogP contribution in [0.1, 0.15) is 20.3 Å². The van der Waals surface area contributed by atoms with Gasteiger partial charge in [0.25, 0.3) is 0 Å². The molecule has 0 saturated heterocycles. The molecule has 0 saturated carbocycles. The van der Waals surface area contributed by atoms with Crippen LogP contribution in [0.25, 0.3) is 0 Å². The number of thioether (sulfide) groups is 1. The molecule has 2 amide bonds. The van der Waals surface area contributed by atoms with Crippen molar-refractivity contribution in [1.82, 2.24) is 10.6 Å². The molecule has 2 N–H and O–H groups in total. The minimum Gasteiger partial charge on any atom is -0.338 e. The summed E-state index contributed by atoms with van der Waals surface area (Å²) < 4.78 is 0. The highest BCUT2D eigenvalue weighted by molar-refractivity contribution is 7.98. The van der Waals surface area contributed by atoms with Crippen molar-refractivity contribution in [2.75, 3.05) is 25.1 Å². The Morgan fingerprint density at radius 3 is 2.69 bits per heavy atom. The second-order valence-corrected chi connectivity index (χ2v) is 4.11. The predicted molar refractivity (Wildman–Crippen MR) is 59.2 cm³/mol. The summed E-state index contributed by atoms with van der Waals surface area (Å²) in [5.41, 5.74) is 0. The van der Waals surface area contributed by atoms with Gasteiger partial charge in [-0.15, -0.1) is 0 Å². The first-order valence-electron chi connectivity index (χ1n) is 4.71. The van der Waals surface area contributed by atoms with Crippen LogP contribution >= 0.6 is 11.8 Å². The standard InChI is InChI=1S/C9H20N2OS/c1-4-5-10-9(12)11-6-8(2)7-13-3/h8H,4-7H2,1-3H3,(H2,10,11,12). The van der Waals surface area contributed by atoms with E-state index in [1.807, 2.05) is 18.7 Å². The largest absolute Gasteiger partial charge is 0.338 e. The molecule has 0 aliphatic heterocycles. The van der Waals surface area contributed by atoms with E-state index in [9.17, 15) is 4.79 Å². The number of amides is 2. The van der Waals surface area contributed by atoms with Crippen molar-refractivity contribution in [3.63, 3.8) is 0 Å². The molecule has 0 aromatic heterocycles. The summed E-state index contributed by atoms with van der Waals surface area (Å²) in [7, 11) is 0. The van der Waals surface area contributed by atoms with Gasteiger partial charge < -0.3 is 10.6 Å². The van der Waals surface area contributed by atoms with E-state index >= 15 is 0 Å². The first kappa shape index (κ1) is 12.6. The molecule has 0 aliphatic rings. The van der Waals surface area contributed by atoms with Gasteiger partial charge in [0.05, 0.1) is 0 Å². The van der Waals surface area contributed by atoms with E-state index in [1.165, 1.54) is 0 Å². The van der Waals surface area contributed by atoms with E-state index in [0.717, 1.165) is 25.3 Å². The maximum atomic E-state index is 11.1. The highest BCUT2D eigenvalue weighted by Gasteiger charge is 2.03. The third-order valence-electron chi connectivity index (χ3n) is 1.60. The summed E-state index contributed by atoms with van der Waals surface area (Å²) in [6.07, 6.45) is 3.06. The molecule has 0 aromatic carbocycles. The zero-order valence-corrected chi connectivity index (χ0v) is 9.54. The quantitative estimate of drug-likeness (QED) is 0.691. The molecule has 0 rings (SSSR count). The molecule has 0 aliphatic carbocycles. The van der Waals surface area contributed by atoms with E-state index < -0.39 is 0 Å². The normalized spacial score (nSPS) is 12.2. The topological polar surface area (TPSA) is 41.1 Å². The van der Waals surface area contributed by atoms with Gasteiger partial charge in [-0.2, -0.15) is 11.8 Å². The average molecular weight is 204 g/mol. The van der Waals surface area contributed by atoms with Crippen molar-refractivity contribution in [2.45, 2.75) is 20.3 Å². The van der Waals surface area contributed by atoms with Gasteiger partial charge in [-0.1, -0.05) is 13.8 Å². The van der Waals surface area contributed by atoms with Gasteiger partial charge in [-0.05, 0) is 24.3 Å². The first-order chi connectivity index (χ1) is 6.20. The summed E-state index contributed by atoms with van der Waals surface area (Å²) in [6.45, 7) is 5.69. The Balaban J connectivity index is 3.34. The molecular formula is C9H20N2OS. The lowest BCUT2D eigenvalue weighted by atomic mass is 10.2. The monoisotopic (exact) mass is 204 g/mol. The number of carbonyl (C=O) groups is 1. The molecule has 13 heavy (non-hydrogen) atoms. The highest BCUT2D eigenvalue weighted by Crippen LogP contribution is 2.02. The van der Waals surface area contributed by atoms with Crippen molar-refractivity contribution in [2.24, 2.45) is 5.92 Å². The van der Waals surface area contributed by atoms with E-state index in [1.54, 1.807) is 0 Å². The van der Waals surface area contributed by atoms with Crippen LogP contribution in [0.3, 0.4) is 0 Å². The Morgan fingerprint density at radius 2 is 2.15 bits per heavy atom. The molecule has 4 heteroatoms. The molecule has 0 bridgehead atoms. The Kier molecular flexibility index (Phi) is 7.99. The molecule has 0 radical (unpaired) electrons. The van der Waals surface area contributed by atoms with Crippen LogP contribution in [0, 0.1) is 5.92 Å². The molecule has 78 valence electrons. The van der Waals surface area contributed by atoms with Crippen LogP contribution in [0.5, 0.6) is 0 Å². The lowest BCUT2D eigenvalue weighted by Gasteiger charge is -2.11.